The molecule has 2 aromatic rings. The molecule has 5 heteroatoms. The number of methoxy groups -OCH3 is 1. The van der Waals surface area contributed by atoms with Crippen molar-refractivity contribution in [2.24, 2.45) is 5.92 Å². The molecule has 134 valence electrons. The number of carbonyl (C=O) groups excluding carboxylic acids is 1. The van der Waals surface area contributed by atoms with Crippen LogP contribution in [-0.2, 0) is 4.79 Å². The largest absolute Gasteiger partial charge is 0.493 e. The molecule has 0 aliphatic heterocycles. The molecule has 1 N–H and O–H groups in total. The average Bonchev–Trinajstić information content (AvgIpc) is 2.59. The molecule has 0 aliphatic rings. The second-order valence-electron chi connectivity index (χ2n) is 6.19. The normalized spacial score (nSPS) is 10.4. The molecule has 0 unspecified atom stereocenters. The number of carbonyl (C=O) groups is 1. The Labute approximate surface area is 148 Å². The van der Waals surface area contributed by atoms with Crippen LogP contribution in [0.4, 0.5) is 5.69 Å². The fourth-order valence-electron chi connectivity index (χ4n) is 2.18. The van der Waals surface area contributed by atoms with E-state index in [1.807, 2.05) is 37.3 Å². The van der Waals surface area contributed by atoms with Gasteiger partial charge in [-0.2, -0.15) is 0 Å². The molecular formula is C20H25NO4. The van der Waals surface area contributed by atoms with E-state index >= 15 is 0 Å². The van der Waals surface area contributed by atoms with Gasteiger partial charge >= 0.3 is 0 Å². The maximum Gasteiger partial charge on any atom is 0.262 e. The third kappa shape index (κ3) is 5.71. The molecule has 2 rings (SSSR count). The number of ether oxygens (including phenoxy) is 3. The van der Waals surface area contributed by atoms with E-state index in [0.29, 0.717) is 35.5 Å². The maximum atomic E-state index is 12.2. The fourth-order valence-corrected chi connectivity index (χ4v) is 2.18. The van der Waals surface area contributed by atoms with Crippen molar-refractivity contribution in [1.82, 2.24) is 0 Å². The molecule has 0 aromatic heterocycles. The van der Waals surface area contributed by atoms with Crippen LogP contribution in [0.15, 0.2) is 42.5 Å². The van der Waals surface area contributed by atoms with Crippen LogP contribution >= 0.6 is 0 Å². The highest BCUT2D eigenvalue weighted by molar-refractivity contribution is 5.93. The zero-order valence-corrected chi connectivity index (χ0v) is 15.2. The predicted octanol–water partition coefficient (Wildman–Crippen LogP) is 4.06. The number of aryl methyl sites for hydroxylation is 1. The maximum absolute atomic E-state index is 12.2. The number of rotatable bonds is 8. The predicted molar refractivity (Wildman–Crippen MR) is 98.6 cm³/mol. The van der Waals surface area contributed by atoms with Crippen molar-refractivity contribution in [3.63, 3.8) is 0 Å². The molecule has 0 atom stereocenters. The second kappa shape index (κ2) is 8.97. The minimum atomic E-state index is -0.261. The molecule has 25 heavy (non-hydrogen) atoms. The summed E-state index contributed by atoms with van der Waals surface area (Å²) in [5.74, 6) is 1.93. The zero-order valence-electron chi connectivity index (χ0n) is 15.2. The van der Waals surface area contributed by atoms with E-state index in [4.69, 9.17) is 14.2 Å². The number of nitrogens with one attached hydrogen (secondary N) is 1. The summed E-state index contributed by atoms with van der Waals surface area (Å²) in [6.07, 6.45) is 0. The lowest BCUT2D eigenvalue weighted by Crippen LogP contribution is -2.21. The third-order valence-electron chi connectivity index (χ3n) is 3.41. The number of para-hydroxylation sites is 2. The zero-order chi connectivity index (χ0) is 18.2. The summed E-state index contributed by atoms with van der Waals surface area (Å²) in [4.78, 5) is 12.2. The molecule has 0 radical (unpaired) electrons. The first-order valence-corrected chi connectivity index (χ1v) is 8.28. The van der Waals surface area contributed by atoms with Crippen molar-refractivity contribution in [2.45, 2.75) is 20.8 Å². The summed E-state index contributed by atoms with van der Waals surface area (Å²) in [7, 11) is 1.57. The number of hydrogen-bond donors (Lipinski definition) is 1. The Bertz CT molecular complexity index is 713. The van der Waals surface area contributed by atoms with E-state index in [9.17, 15) is 4.79 Å². The number of benzene rings is 2. The molecule has 0 heterocycles. The molecule has 0 fully saturated rings. The average molecular weight is 343 g/mol. The summed E-state index contributed by atoms with van der Waals surface area (Å²) in [6, 6.07) is 12.9. The second-order valence-corrected chi connectivity index (χ2v) is 6.19. The Hall–Kier alpha value is -2.69. The summed E-state index contributed by atoms with van der Waals surface area (Å²) in [6.45, 7) is 6.59. The van der Waals surface area contributed by atoms with Gasteiger partial charge in [0.2, 0.25) is 0 Å². The Balaban J connectivity index is 1.97. The minimum Gasteiger partial charge on any atom is -0.493 e. The van der Waals surface area contributed by atoms with Crippen molar-refractivity contribution in [2.75, 3.05) is 25.6 Å². The van der Waals surface area contributed by atoms with Crippen molar-refractivity contribution in [3.05, 3.63) is 48.0 Å². The fraction of sp³-hybridized carbons (Fsp3) is 0.350. The Morgan fingerprint density at radius 1 is 1.04 bits per heavy atom. The number of amides is 1. The van der Waals surface area contributed by atoms with E-state index < -0.39 is 0 Å². The van der Waals surface area contributed by atoms with Gasteiger partial charge < -0.3 is 19.5 Å². The van der Waals surface area contributed by atoms with E-state index in [-0.39, 0.29) is 12.5 Å². The number of hydrogen-bond acceptors (Lipinski definition) is 4. The summed E-state index contributed by atoms with van der Waals surface area (Å²) in [5.41, 5.74) is 1.69. The van der Waals surface area contributed by atoms with E-state index in [2.05, 4.69) is 19.2 Å². The standard InChI is InChI=1S/C20H25NO4/c1-14(2)12-24-17-8-6-5-7-16(17)21-20(22)13-25-18-10-9-15(3)11-19(18)23-4/h5-11,14H,12-13H2,1-4H3,(H,21,22). The van der Waals surface area contributed by atoms with Gasteiger partial charge in [-0.1, -0.05) is 32.0 Å². The molecule has 2 aromatic carbocycles. The Morgan fingerprint density at radius 3 is 2.52 bits per heavy atom. The SMILES string of the molecule is COc1cc(C)ccc1OCC(=O)Nc1ccccc1OCC(C)C. The van der Waals surface area contributed by atoms with Gasteiger partial charge in [0.1, 0.15) is 5.75 Å². The quantitative estimate of drug-likeness (QED) is 0.785. The van der Waals surface area contributed by atoms with Crippen LogP contribution in [0.25, 0.3) is 0 Å². The van der Waals surface area contributed by atoms with Crippen LogP contribution in [0.2, 0.25) is 0 Å². The van der Waals surface area contributed by atoms with Gasteiger partial charge in [0.15, 0.2) is 18.1 Å². The highest BCUT2D eigenvalue weighted by Crippen LogP contribution is 2.28. The molecular weight excluding hydrogens is 318 g/mol. The molecule has 0 aliphatic carbocycles. The third-order valence-corrected chi connectivity index (χ3v) is 3.41. The first-order chi connectivity index (χ1) is 12.0. The Kier molecular flexibility index (Phi) is 6.69. The van der Waals surface area contributed by atoms with Gasteiger partial charge in [-0.3, -0.25) is 4.79 Å². The topological polar surface area (TPSA) is 56.8 Å². The molecule has 5 nitrogen and oxygen atoms in total. The van der Waals surface area contributed by atoms with Gasteiger partial charge in [-0.15, -0.1) is 0 Å². The van der Waals surface area contributed by atoms with Gasteiger partial charge in [0.05, 0.1) is 19.4 Å². The van der Waals surface area contributed by atoms with Gasteiger partial charge in [-0.25, -0.2) is 0 Å². The van der Waals surface area contributed by atoms with E-state index in [0.717, 1.165) is 5.56 Å². The highest BCUT2D eigenvalue weighted by atomic mass is 16.5. The van der Waals surface area contributed by atoms with Crippen LogP contribution in [-0.4, -0.2) is 26.2 Å². The van der Waals surface area contributed by atoms with Crippen molar-refractivity contribution in [3.8, 4) is 17.2 Å². The molecule has 0 saturated carbocycles. The van der Waals surface area contributed by atoms with Crippen LogP contribution in [0.3, 0.4) is 0 Å². The van der Waals surface area contributed by atoms with Gasteiger partial charge in [0, 0.05) is 0 Å². The molecule has 1 amide bonds. The smallest absolute Gasteiger partial charge is 0.262 e. The van der Waals surface area contributed by atoms with Gasteiger partial charge in [-0.05, 0) is 42.7 Å². The van der Waals surface area contributed by atoms with Crippen molar-refractivity contribution in [1.29, 1.82) is 0 Å². The molecule has 0 spiro atoms. The van der Waals surface area contributed by atoms with Crippen LogP contribution < -0.4 is 19.5 Å². The monoisotopic (exact) mass is 343 g/mol. The van der Waals surface area contributed by atoms with Crippen molar-refractivity contribution < 1.29 is 19.0 Å². The van der Waals surface area contributed by atoms with Crippen LogP contribution in [0, 0.1) is 12.8 Å². The van der Waals surface area contributed by atoms with Crippen LogP contribution in [0.5, 0.6) is 17.2 Å². The lowest BCUT2D eigenvalue weighted by Gasteiger charge is -2.14. The van der Waals surface area contributed by atoms with E-state index in [1.54, 1.807) is 19.2 Å². The van der Waals surface area contributed by atoms with Crippen LogP contribution in [0.1, 0.15) is 19.4 Å². The van der Waals surface area contributed by atoms with E-state index in [1.165, 1.54) is 0 Å². The first-order valence-electron chi connectivity index (χ1n) is 8.28. The van der Waals surface area contributed by atoms with Crippen molar-refractivity contribution >= 4 is 11.6 Å². The minimum absolute atomic E-state index is 0.113. The number of anilines is 1. The Morgan fingerprint density at radius 2 is 1.80 bits per heavy atom. The highest BCUT2D eigenvalue weighted by Gasteiger charge is 2.11. The molecule has 0 bridgehead atoms. The summed E-state index contributed by atoms with van der Waals surface area (Å²) in [5, 5.41) is 2.82. The summed E-state index contributed by atoms with van der Waals surface area (Å²) >= 11 is 0. The lowest BCUT2D eigenvalue weighted by atomic mass is 10.2. The summed E-state index contributed by atoms with van der Waals surface area (Å²) < 4.78 is 16.6. The lowest BCUT2D eigenvalue weighted by molar-refractivity contribution is -0.118. The molecule has 0 saturated heterocycles. The first kappa shape index (κ1) is 18.6. The van der Waals surface area contributed by atoms with Gasteiger partial charge in [0.25, 0.3) is 5.91 Å².